The van der Waals surface area contributed by atoms with Crippen molar-refractivity contribution in [2.45, 2.75) is 91.6 Å². The molecule has 54 heavy (non-hydrogen) atoms. The van der Waals surface area contributed by atoms with E-state index in [4.69, 9.17) is 42.6 Å². The number of esters is 4. The van der Waals surface area contributed by atoms with Crippen LogP contribution in [0.15, 0.2) is 24.3 Å². The van der Waals surface area contributed by atoms with Crippen LogP contribution in [0.1, 0.15) is 65.5 Å². The first kappa shape index (κ1) is 44.9. The third kappa shape index (κ3) is 13.6. The highest BCUT2D eigenvalue weighted by atomic mass is 16.7. The standard InChI is InChI=1S/C38H52O16/c1-10-12-26-18-28(32(30(20-26)45-7)48-14-16-50-35(41)23(4)52-34(40)22(3)39)29-19-27(13-11-2)21-31(46-8)33(29)49-15-17-51-36(42)24(5)53-37(43)25(6)54-38(44)47-9/h18-25,39H,10-17H2,1-9H3. The van der Waals surface area contributed by atoms with Gasteiger partial charge in [0.25, 0.3) is 0 Å². The number of hydrogen-bond donors (Lipinski definition) is 1. The van der Waals surface area contributed by atoms with Crippen molar-refractivity contribution in [2.24, 2.45) is 0 Å². The first-order chi connectivity index (χ1) is 25.7. The van der Waals surface area contributed by atoms with Crippen molar-refractivity contribution >= 4 is 30.0 Å². The maximum absolute atomic E-state index is 12.6. The fourth-order valence-corrected chi connectivity index (χ4v) is 4.87. The average molecular weight is 765 g/mol. The van der Waals surface area contributed by atoms with Gasteiger partial charge in [0.2, 0.25) is 0 Å². The van der Waals surface area contributed by atoms with E-state index in [1.807, 2.05) is 38.1 Å². The molecule has 0 heterocycles. The number of rotatable bonds is 22. The van der Waals surface area contributed by atoms with E-state index in [9.17, 15) is 29.1 Å². The zero-order valence-electron chi connectivity index (χ0n) is 32.3. The van der Waals surface area contributed by atoms with E-state index in [0.29, 0.717) is 34.1 Å². The quantitative estimate of drug-likeness (QED) is 0.0996. The molecule has 0 aliphatic carbocycles. The van der Waals surface area contributed by atoms with Crippen LogP contribution in [0, 0.1) is 0 Å². The first-order valence-electron chi connectivity index (χ1n) is 17.6. The Morgan fingerprint density at radius 3 is 1.35 bits per heavy atom. The number of methoxy groups -OCH3 is 3. The molecule has 0 saturated carbocycles. The molecule has 300 valence electrons. The fourth-order valence-electron chi connectivity index (χ4n) is 4.87. The lowest BCUT2D eigenvalue weighted by molar-refractivity contribution is -0.172. The lowest BCUT2D eigenvalue weighted by Crippen LogP contribution is -2.33. The molecule has 1 N–H and O–H groups in total. The third-order valence-corrected chi connectivity index (χ3v) is 7.55. The SMILES string of the molecule is CCCc1cc(OC)c(OCCOC(=O)C(C)OC(=O)C(C)O)c(-c2cc(CCC)cc(OC)c2OCCOC(=O)C(C)OC(=O)C(C)OC(=O)OC)c1. The molecule has 4 atom stereocenters. The largest absolute Gasteiger partial charge is 0.508 e. The van der Waals surface area contributed by atoms with Gasteiger partial charge in [-0.15, -0.1) is 0 Å². The topological polar surface area (TPSA) is 198 Å². The zero-order valence-corrected chi connectivity index (χ0v) is 32.3. The summed E-state index contributed by atoms with van der Waals surface area (Å²) in [5, 5.41) is 9.36. The van der Waals surface area contributed by atoms with E-state index in [-0.39, 0.29) is 26.4 Å². The third-order valence-electron chi connectivity index (χ3n) is 7.55. The van der Waals surface area contributed by atoms with Crippen molar-refractivity contribution in [3.63, 3.8) is 0 Å². The predicted octanol–water partition coefficient (Wildman–Crippen LogP) is 4.54. The van der Waals surface area contributed by atoms with Crippen LogP contribution in [0.3, 0.4) is 0 Å². The summed E-state index contributed by atoms with van der Waals surface area (Å²) in [6.45, 7) is 8.57. The summed E-state index contributed by atoms with van der Waals surface area (Å²) in [5.41, 5.74) is 3.08. The Labute approximate surface area is 315 Å². The minimum absolute atomic E-state index is 0.104. The van der Waals surface area contributed by atoms with Crippen LogP contribution in [0.2, 0.25) is 0 Å². The molecule has 2 rings (SSSR count). The molecule has 2 aromatic carbocycles. The minimum Gasteiger partial charge on any atom is -0.493 e. The Balaban J connectivity index is 2.36. The molecular weight excluding hydrogens is 712 g/mol. The van der Waals surface area contributed by atoms with Gasteiger partial charge in [-0.05, 0) is 75.9 Å². The van der Waals surface area contributed by atoms with Gasteiger partial charge in [0.1, 0.15) is 32.5 Å². The number of hydrogen-bond acceptors (Lipinski definition) is 16. The Bertz CT molecular complexity index is 1570. The van der Waals surface area contributed by atoms with Crippen LogP contribution in [-0.4, -0.2) is 107 Å². The van der Waals surface area contributed by atoms with Gasteiger partial charge in [-0.3, -0.25) is 0 Å². The molecule has 16 nitrogen and oxygen atoms in total. The number of benzene rings is 2. The molecule has 0 aliphatic heterocycles. The van der Waals surface area contributed by atoms with Crippen molar-refractivity contribution in [1.82, 2.24) is 0 Å². The van der Waals surface area contributed by atoms with E-state index in [0.717, 1.165) is 43.9 Å². The summed E-state index contributed by atoms with van der Waals surface area (Å²) in [4.78, 5) is 60.2. The van der Waals surface area contributed by atoms with E-state index < -0.39 is 54.4 Å². The minimum atomic E-state index is -1.39. The lowest BCUT2D eigenvalue weighted by Gasteiger charge is -2.22. The monoisotopic (exact) mass is 764 g/mol. The highest BCUT2D eigenvalue weighted by molar-refractivity contribution is 5.83. The molecule has 0 amide bonds. The van der Waals surface area contributed by atoms with Crippen LogP contribution >= 0.6 is 0 Å². The molecule has 0 spiro atoms. The molecule has 2 aromatic rings. The summed E-state index contributed by atoms with van der Waals surface area (Å²) in [6.07, 6.45) is -3.21. The molecule has 0 aromatic heterocycles. The van der Waals surface area contributed by atoms with Crippen LogP contribution in [0.5, 0.6) is 23.0 Å². The summed E-state index contributed by atoms with van der Waals surface area (Å²) < 4.78 is 53.5. The van der Waals surface area contributed by atoms with E-state index in [2.05, 4.69) is 4.74 Å². The molecular formula is C38H52O16. The van der Waals surface area contributed by atoms with Crippen LogP contribution in [0.25, 0.3) is 11.1 Å². The predicted molar refractivity (Wildman–Crippen MR) is 192 cm³/mol. The van der Waals surface area contributed by atoms with Gasteiger partial charge in [-0.1, -0.05) is 26.7 Å². The molecule has 4 unspecified atom stereocenters. The van der Waals surface area contributed by atoms with E-state index >= 15 is 0 Å². The van der Waals surface area contributed by atoms with Gasteiger partial charge in [0, 0.05) is 11.1 Å². The van der Waals surface area contributed by atoms with Gasteiger partial charge in [-0.25, -0.2) is 24.0 Å². The summed E-state index contributed by atoms with van der Waals surface area (Å²) in [6, 6.07) is 7.60. The second-order valence-electron chi connectivity index (χ2n) is 11.9. The molecule has 0 aliphatic rings. The molecule has 0 bridgehead atoms. The van der Waals surface area contributed by atoms with Gasteiger partial charge >= 0.3 is 30.0 Å². The number of carbonyl (C=O) groups excluding carboxylic acids is 5. The maximum Gasteiger partial charge on any atom is 0.508 e. The first-order valence-corrected chi connectivity index (χ1v) is 17.6. The normalized spacial score (nSPS) is 12.9. The fraction of sp³-hybridized carbons (Fsp3) is 0.553. The van der Waals surface area contributed by atoms with Crippen LogP contribution in [-0.2, 0) is 60.4 Å². The Kier molecular flexibility index (Phi) is 18.9. The number of aliphatic hydroxyl groups is 1. The second-order valence-corrected chi connectivity index (χ2v) is 11.9. The van der Waals surface area contributed by atoms with Crippen molar-refractivity contribution in [3.8, 4) is 34.1 Å². The number of ether oxygens (including phenoxy) is 10. The second kappa shape index (κ2) is 22.7. The van der Waals surface area contributed by atoms with Gasteiger partial charge in [-0.2, -0.15) is 0 Å². The van der Waals surface area contributed by atoms with Crippen molar-refractivity contribution < 1.29 is 76.4 Å². The van der Waals surface area contributed by atoms with Crippen molar-refractivity contribution in [3.05, 3.63) is 35.4 Å². The average Bonchev–Trinajstić information content (AvgIpc) is 3.14. The molecule has 0 saturated heterocycles. The highest BCUT2D eigenvalue weighted by Gasteiger charge is 2.27. The smallest absolute Gasteiger partial charge is 0.493 e. The highest BCUT2D eigenvalue weighted by Crippen LogP contribution is 2.47. The van der Waals surface area contributed by atoms with Crippen molar-refractivity contribution in [1.29, 1.82) is 0 Å². The van der Waals surface area contributed by atoms with Gasteiger partial charge < -0.3 is 52.5 Å². The van der Waals surface area contributed by atoms with Crippen LogP contribution in [0.4, 0.5) is 4.79 Å². The lowest BCUT2D eigenvalue weighted by atomic mass is 9.95. The van der Waals surface area contributed by atoms with E-state index in [1.165, 1.54) is 41.9 Å². The van der Waals surface area contributed by atoms with E-state index in [1.54, 1.807) is 0 Å². The number of aryl methyl sites for hydroxylation is 2. The molecule has 0 fully saturated rings. The Morgan fingerprint density at radius 2 is 0.981 bits per heavy atom. The Hall–Kier alpha value is -5.25. The van der Waals surface area contributed by atoms with Crippen LogP contribution < -0.4 is 18.9 Å². The number of carbonyl (C=O) groups is 5. The Morgan fingerprint density at radius 1 is 0.574 bits per heavy atom. The maximum atomic E-state index is 12.6. The van der Waals surface area contributed by atoms with Gasteiger partial charge in [0.05, 0.1) is 21.3 Å². The van der Waals surface area contributed by atoms with Gasteiger partial charge in [0.15, 0.2) is 41.3 Å². The van der Waals surface area contributed by atoms with Crippen molar-refractivity contribution in [2.75, 3.05) is 47.8 Å². The summed E-state index contributed by atoms with van der Waals surface area (Å²) in [5.74, 6) is -2.12. The summed E-state index contributed by atoms with van der Waals surface area (Å²) in [7, 11) is 4.09. The zero-order chi connectivity index (χ0) is 40.4. The summed E-state index contributed by atoms with van der Waals surface area (Å²) >= 11 is 0. The molecule has 0 radical (unpaired) electrons. The molecule has 16 heteroatoms. The number of aliphatic hydroxyl groups excluding tert-OH is 1.